The Morgan fingerprint density at radius 1 is 0.960 bits per heavy atom. The number of benzene rings is 2. The van der Waals surface area contributed by atoms with Gasteiger partial charge in [-0.25, -0.2) is 4.57 Å². The van der Waals surface area contributed by atoms with Crippen molar-refractivity contribution in [3.8, 4) is 0 Å². The largest absolute Gasteiger partial charge is 0.297 e. The zero-order chi connectivity index (χ0) is 17.3. The van der Waals surface area contributed by atoms with Crippen molar-refractivity contribution < 1.29 is 4.57 Å². The number of imidazole rings is 1. The number of hydrogen-bond donors (Lipinski definition) is 0. The summed E-state index contributed by atoms with van der Waals surface area (Å²) >= 11 is 0. The van der Waals surface area contributed by atoms with Crippen LogP contribution in [0.25, 0.3) is 38.5 Å². The molecule has 0 aliphatic carbocycles. The van der Waals surface area contributed by atoms with Gasteiger partial charge in [-0.05, 0) is 61.7 Å². The maximum atomic E-state index is 4.76. The molecule has 5 rings (SSSR count). The number of aryl methyl sites for hydroxylation is 4. The minimum Gasteiger partial charge on any atom is -0.255 e. The highest BCUT2D eigenvalue weighted by Gasteiger charge is 2.25. The van der Waals surface area contributed by atoms with Crippen molar-refractivity contribution in [3.63, 3.8) is 0 Å². The van der Waals surface area contributed by atoms with E-state index in [0.717, 1.165) is 5.52 Å². The predicted molar refractivity (Wildman–Crippen MR) is 103 cm³/mol. The molecular weight excluding hydrogens is 306 g/mol. The third-order valence-electron chi connectivity index (χ3n) is 5.36. The van der Waals surface area contributed by atoms with Gasteiger partial charge in [0.05, 0.1) is 18.0 Å². The summed E-state index contributed by atoms with van der Waals surface area (Å²) in [4.78, 5) is 4.76. The summed E-state index contributed by atoms with van der Waals surface area (Å²) in [5, 5.41) is 2.45. The molecule has 3 heterocycles. The van der Waals surface area contributed by atoms with Crippen molar-refractivity contribution in [2.45, 2.75) is 20.8 Å². The van der Waals surface area contributed by atoms with Crippen molar-refractivity contribution in [2.75, 3.05) is 0 Å². The van der Waals surface area contributed by atoms with Gasteiger partial charge >= 0.3 is 0 Å². The van der Waals surface area contributed by atoms with E-state index in [1.165, 1.54) is 49.7 Å². The molecule has 0 N–H and O–H groups in total. The van der Waals surface area contributed by atoms with Crippen LogP contribution >= 0.6 is 0 Å². The van der Waals surface area contributed by atoms with Crippen LogP contribution < -0.4 is 4.57 Å². The molecule has 3 nitrogen and oxygen atoms in total. The molecule has 25 heavy (non-hydrogen) atoms. The highest BCUT2D eigenvalue weighted by atomic mass is 15.1. The number of fused-ring (bicyclic) bond motifs is 8. The van der Waals surface area contributed by atoms with E-state index in [0.29, 0.717) is 0 Å². The second-order valence-corrected chi connectivity index (χ2v) is 7.03. The normalized spacial score (nSPS) is 12.0. The first-order valence-corrected chi connectivity index (χ1v) is 8.65. The number of rotatable bonds is 0. The van der Waals surface area contributed by atoms with Gasteiger partial charge in [-0.15, -0.1) is 0 Å². The van der Waals surface area contributed by atoms with Gasteiger partial charge in [-0.2, -0.15) is 4.40 Å². The second kappa shape index (κ2) is 4.79. The minimum atomic E-state index is 1.08. The van der Waals surface area contributed by atoms with Crippen LogP contribution in [0.2, 0.25) is 0 Å². The molecule has 0 amide bonds. The lowest BCUT2D eigenvalue weighted by atomic mass is 10.0. The SMILES string of the molecule is Cc1ccc2c(c1)n1c3c(C)cccc3c3nccc(C)c3c1[n+]2C. The van der Waals surface area contributed by atoms with Crippen LogP contribution in [0.5, 0.6) is 0 Å². The van der Waals surface area contributed by atoms with E-state index in [2.05, 4.69) is 79.3 Å². The quantitative estimate of drug-likeness (QED) is 0.302. The molecule has 0 fully saturated rings. The number of pyridine rings is 2. The third kappa shape index (κ3) is 1.75. The molecule has 3 aromatic heterocycles. The maximum Gasteiger partial charge on any atom is 0.297 e. The van der Waals surface area contributed by atoms with Gasteiger partial charge in [0, 0.05) is 11.6 Å². The molecule has 0 saturated carbocycles. The highest BCUT2D eigenvalue weighted by Crippen LogP contribution is 2.33. The van der Waals surface area contributed by atoms with E-state index in [9.17, 15) is 0 Å². The van der Waals surface area contributed by atoms with Crippen LogP contribution in [0.4, 0.5) is 0 Å². The van der Waals surface area contributed by atoms with E-state index in [1.807, 2.05) is 6.20 Å². The van der Waals surface area contributed by atoms with Gasteiger partial charge in [0.15, 0.2) is 11.0 Å². The Balaban J connectivity index is 2.30. The molecule has 0 bridgehead atoms. The number of hydrogen-bond acceptors (Lipinski definition) is 1. The molecule has 0 spiro atoms. The van der Waals surface area contributed by atoms with Gasteiger partial charge in [0.1, 0.15) is 5.52 Å². The average molecular weight is 326 g/mol. The van der Waals surface area contributed by atoms with E-state index in [4.69, 9.17) is 4.98 Å². The summed E-state index contributed by atoms with van der Waals surface area (Å²) in [5.41, 5.74) is 9.84. The number of para-hydroxylation sites is 1. The highest BCUT2D eigenvalue weighted by molar-refractivity contribution is 6.12. The van der Waals surface area contributed by atoms with E-state index in [1.54, 1.807) is 0 Å². The first-order chi connectivity index (χ1) is 12.1. The molecule has 3 heteroatoms. The second-order valence-electron chi connectivity index (χ2n) is 7.03. The van der Waals surface area contributed by atoms with Crippen LogP contribution in [0.15, 0.2) is 48.7 Å². The fraction of sp³-hybridized carbons (Fsp3) is 0.182. The Morgan fingerprint density at radius 3 is 2.64 bits per heavy atom. The van der Waals surface area contributed by atoms with Crippen LogP contribution in [0.3, 0.4) is 0 Å². The van der Waals surface area contributed by atoms with E-state index < -0.39 is 0 Å². The van der Waals surface area contributed by atoms with Crippen molar-refractivity contribution in [2.24, 2.45) is 7.05 Å². The Hall–Kier alpha value is -2.94. The Bertz CT molecular complexity index is 1330. The summed E-state index contributed by atoms with van der Waals surface area (Å²) in [6.45, 7) is 6.52. The Labute approximate surface area is 146 Å². The maximum absolute atomic E-state index is 4.76. The summed E-state index contributed by atoms with van der Waals surface area (Å²) in [5.74, 6) is 0. The summed E-state index contributed by atoms with van der Waals surface area (Å²) < 4.78 is 4.72. The van der Waals surface area contributed by atoms with Crippen LogP contribution in [-0.2, 0) is 7.05 Å². The van der Waals surface area contributed by atoms with E-state index >= 15 is 0 Å². The van der Waals surface area contributed by atoms with Crippen LogP contribution in [-0.4, -0.2) is 9.38 Å². The molecule has 0 unspecified atom stereocenters. The van der Waals surface area contributed by atoms with Gasteiger partial charge in [-0.3, -0.25) is 4.98 Å². The Kier molecular flexibility index (Phi) is 2.76. The molecule has 5 aromatic rings. The minimum absolute atomic E-state index is 1.08. The fourth-order valence-electron chi connectivity index (χ4n) is 4.17. The van der Waals surface area contributed by atoms with Gasteiger partial charge in [0.25, 0.3) is 5.65 Å². The molecule has 122 valence electrons. The molecule has 2 aromatic carbocycles. The lowest BCUT2D eigenvalue weighted by Gasteiger charge is -2.07. The first-order valence-electron chi connectivity index (χ1n) is 8.65. The molecule has 0 radical (unpaired) electrons. The van der Waals surface area contributed by atoms with Gasteiger partial charge < -0.3 is 0 Å². The summed E-state index contributed by atoms with van der Waals surface area (Å²) in [6, 6.07) is 15.3. The van der Waals surface area contributed by atoms with Crippen molar-refractivity contribution in [3.05, 3.63) is 65.4 Å². The standard InChI is InChI=1S/C22H20N3/c1-13-8-9-17-18(12-13)25-21-15(3)6-5-7-16(21)20-19(22(25)24(17)4)14(2)10-11-23-20/h5-12H,1-4H3/q+1. The average Bonchev–Trinajstić information content (AvgIpc) is 2.88. The third-order valence-corrected chi connectivity index (χ3v) is 5.36. The zero-order valence-corrected chi connectivity index (χ0v) is 15.0. The molecule has 0 saturated heterocycles. The van der Waals surface area contributed by atoms with Crippen molar-refractivity contribution in [1.82, 2.24) is 9.38 Å². The topological polar surface area (TPSA) is 21.2 Å². The lowest BCUT2D eigenvalue weighted by Crippen LogP contribution is -2.27. The summed E-state index contributed by atoms with van der Waals surface area (Å²) in [7, 11) is 2.16. The predicted octanol–water partition coefficient (Wildman–Crippen LogP) is 4.54. The van der Waals surface area contributed by atoms with Gasteiger partial charge in [-0.1, -0.05) is 18.2 Å². The molecular formula is C22H20N3+. The monoisotopic (exact) mass is 326 g/mol. The van der Waals surface area contributed by atoms with Crippen LogP contribution in [0, 0.1) is 20.8 Å². The first kappa shape index (κ1) is 14.4. The fourth-order valence-corrected chi connectivity index (χ4v) is 4.17. The van der Waals surface area contributed by atoms with Crippen molar-refractivity contribution in [1.29, 1.82) is 0 Å². The molecule has 0 aliphatic heterocycles. The Morgan fingerprint density at radius 2 is 1.80 bits per heavy atom. The van der Waals surface area contributed by atoms with Crippen molar-refractivity contribution >= 4 is 38.5 Å². The zero-order valence-electron chi connectivity index (χ0n) is 15.0. The smallest absolute Gasteiger partial charge is 0.255 e. The summed E-state index contributed by atoms with van der Waals surface area (Å²) in [6.07, 6.45) is 1.92. The molecule has 0 atom stereocenters. The number of aromatic nitrogens is 3. The molecule has 0 aliphatic rings. The van der Waals surface area contributed by atoms with Crippen LogP contribution in [0.1, 0.15) is 16.7 Å². The number of nitrogens with zero attached hydrogens (tertiary/aromatic N) is 3. The lowest BCUT2D eigenvalue weighted by molar-refractivity contribution is -0.617. The van der Waals surface area contributed by atoms with Gasteiger partial charge in [0.2, 0.25) is 0 Å². The van der Waals surface area contributed by atoms with E-state index in [-0.39, 0.29) is 0 Å².